The van der Waals surface area contributed by atoms with Crippen LogP contribution in [-0.2, 0) is 20.1 Å². The first-order valence-electron chi connectivity index (χ1n) is 8.88. The number of hydrogen-bond acceptors (Lipinski definition) is 7. The molecule has 0 saturated carbocycles. The van der Waals surface area contributed by atoms with Crippen LogP contribution in [0, 0.1) is 6.92 Å². The van der Waals surface area contributed by atoms with Gasteiger partial charge in [-0.3, -0.25) is 9.48 Å². The van der Waals surface area contributed by atoms with Gasteiger partial charge in [0, 0.05) is 43.8 Å². The molecule has 1 aliphatic rings. The first-order valence-corrected chi connectivity index (χ1v) is 8.88. The van der Waals surface area contributed by atoms with Gasteiger partial charge in [0.1, 0.15) is 17.1 Å². The number of anilines is 1. The first-order chi connectivity index (χ1) is 13.3. The number of amides is 1. The second-order valence-electron chi connectivity index (χ2n) is 7.34. The minimum atomic E-state index is -0.376. The third-order valence-corrected chi connectivity index (χ3v) is 4.30. The molecule has 0 aliphatic carbocycles. The Morgan fingerprint density at radius 3 is 2.89 bits per heavy atom. The summed E-state index contributed by atoms with van der Waals surface area (Å²) < 4.78 is 18.5. The first kappa shape index (κ1) is 18.0. The number of aryl methyl sites for hydroxylation is 2. The van der Waals surface area contributed by atoms with Gasteiger partial charge in [0.25, 0.3) is 5.91 Å². The summed E-state index contributed by atoms with van der Waals surface area (Å²) >= 11 is 0. The van der Waals surface area contributed by atoms with E-state index in [0.29, 0.717) is 41.0 Å². The number of carbonyl (C=O) groups excluding carboxylic acids is 1. The lowest BCUT2D eigenvalue weighted by molar-refractivity contribution is 0.102. The largest absolute Gasteiger partial charge is 0.487 e. The zero-order valence-electron chi connectivity index (χ0n) is 16.1. The van der Waals surface area contributed by atoms with Gasteiger partial charge in [-0.05, 0) is 26.0 Å². The van der Waals surface area contributed by atoms with Crippen LogP contribution < -0.4 is 14.8 Å². The monoisotopic (exact) mass is 383 g/mol. The summed E-state index contributed by atoms with van der Waals surface area (Å²) in [6.07, 6.45) is 2.43. The lowest BCUT2D eigenvalue weighted by atomic mass is 9.99. The van der Waals surface area contributed by atoms with Crippen LogP contribution in [0.1, 0.15) is 41.5 Å². The second kappa shape index (κ2) is 6.66. The smallest absolute Gasteiger partial charge is 0.257 e. The molecule has 0 atom stereocenters. The Kier molecular flexibility index (Phi) is 4.29. The van der Waals surface area contributed by atoms with Crippen molar-refractivity contribution in [2.45, 2.75) is 39.4 Å². The van der Waals surface area contributed by atoms with E-state index in [1.807, 2.05) is 13.8 Å². The van der Waals surface area contributed by atoms with Crippen molar-refractivity contribution in [3.63, 3.8) is 0 Å². The molecule has 0 spiro atoms. The van der Waals surface area contributed by atoms with E-state index in [1.54, 1.807) is 43.0 Å². The predicted molar refractivity (Wildman–Crippen MR) is 99.4 cm³/mol. The molecule has 1 amide bonds. The van der Waals surface area contributed by atoms with E-state index < -0.39 is 0 Å². The third kappa shape index (κ3) is 3.68. The molecular formula is C19H21N5O4. The number of rotatable bonds is 5. The minimum absolute atomic E-state index is 0.134. The van der Waals surface area contributed by atoms with Crippen LogP contribution in [0.5, 0.6) is 11.5 Å². The lowest BCUT2D eigenvalue weighted by Gasteiger charge is -2.16. The number of nitrogens with zero attached hydrogens (tertiary/aromatic N) is 4. The maximum atomic E-state index is 12.7. The third-order valence-electron chi connectivity index (χ3n) is 4.30. The zero-order chi connectivity index (χ0) is 19.9. The van der Waals surface area contributed by atoms with Crippen molar-refractivity contribution >= 4 is 11.7 Å². The van der Waals surface area contributed by atoms with Crippen molar-refractivity contribution in [1.82, 2.24) is 19.9 Å². The normalized spacial score (nSPS) is 14.4. The maximum absolute atomic E-state index is 12.7. The van der Waals surface area contributed by atoms with Crippen LogP contribution in [0.4, 0.5) is 5.82 Å². The van der Waals surface area contributed by atoms with E-state index in [1.165, 1.54) is 0 Å². The van der Waals surface area contributed by atoms with Crippen molar-refractivity contribution in [2.75, 3.05) is 5.32 Å². The predicted octanol–water partition coefficient (Wildman–Crippen LogP) is 2.66. The van der Waals surface area contributed by atoms with Gasteiger partial charge in [0.2, 0.25) is 11.7 Å². The molecule has 1 aromatic carbocycles. The van der Waals surface area contributed by atoms with Crippen LogP contribution in [-0.4, -0.2) is 31.4 Å². The molecule has 3 aromatic rings. The Bertz CT molecular complexity index is 1040. The molecule has 0 bridgehead atoms. The van der Waals surface area contributed by atoms with Crippen molar-refractivity contribution in [2.24, 2.45) is 7.05 Å². The summed E-state index contributed by atoms with van der Waals surface area (Å²) in [4.78, 5) is 16.8. The molecular weight excluding hydrogens is 362 g/mol. The molecule has 9 heteroatoms. The molecule has 28 heavy (non-hydrogen) atoms. The highest BCUT2D eigenvalue weighted by Crippen LogP contribution is 2.41. The van der Waals surface area contributed by atoms with E-state index in [4.69, 9.17) is 14.0 Å². The average Bonchev–Trinajstić information content (AvgIpc) is 3.30. The minimum Gasteiger partial charge on any atom is -0.487 e. The zero-order valence-corrected chi connectivity index (χ0v) is 16.1. The van der Waals surface area contributed by atoms with Crippen LogP contribution in [0.3, 0.4) is 0 Å². The van der Waals surface area contributed by atoms with Crippen molar-refractivity contribution < 1.29 is 18.8 Å². The highest BCUT2D eigenvalue weighted by molar-refractivity contribution is 6.04. The van der Waals surface area contributed by atoms with Gasteiger partial charge in [0.15, 0.2) is 12.4 Å². The number of ether oxygens (including phenoxy) is 2. The number of carbonyl (C=O) groups is 1. The van der Waals surface area contributed by atoms with Gasteiger partial charge in [0.05, 0.1) is 0 Å². The fraction of sp³-hybridized carbons (Fsp3) is 0.368. The molecule has 3 heterocycles. The fourth-order valence-corrected chi connectivity index (χ4v) is 3.12. The van der Waals surface area contributed by atoms with E-state index in [9.17, 15) is 4.79 Å². The van der Waals surface area contributed by atoms with Crippen molar-refractivity contribution in [1.29, 1.82) is 0 Å². The maximum Gasteiger partial charge on any atom is 0.257 e. The Hall–Kier alpha value is -3.36. The fourth-order valence-electron chi connectivity index (χ4n) is 3.12. The highest BCUT2D eigenvalue weighted by atomic mass is 16.5. The van der Waals surface area contributed by atoms with Gasteiger partial charge in [-0.15, -0.1) is 0 Å². The second-order valence-corrected chi connectivity index (χ2v) is 7.34. The number of benzene rings is 1. The Labute approximate surface area is 161 Å². The lowest BCUT2D eigenvalue weighted by Crippen LogP contribution is -2.24. The Balaban J connectivity index is 1.61. The van der Waals surface area contributed by atoms with Crippen molar-refractivity contribution in [3.8, 4) is 11.5 Å². The van der Waals surface area contributed by atoms with Crippen LogP contribution in [0.15, 0.2) is 28.9 Å². The number of aromatic nitrogens is 4. The SMILES string of the molecule is Cc1nc(COc2cc(C(=O)Nc3ccn(C)n3)cc3c2CC(C)(C)O3)no1. The molecule has 0 fully saturated rings. The van der Waals surface area contributed by atoms with E-state index >= 15 is 0 Å². The van der Waals surface area contributed by atoms with Crippen molar-refractivity contribution in [3.05, 3.63) is 47.2 Å². The molecule has 0 radical (unpaired) electrons. The molecule has 0 saturated heterocycles. The van der Waals surface area contributed by atoms with Gasteiger partial charge in [-0.2, -0.15) is 10.1 Å². The molecule has 9 nitrogen and oxygen atoms in total. The van der Waals surface area contributed by atoms with E-state index in [2.05, 4.69) is 20.6 Å². The van der Waals surface area contributed by atoms with Gasteiger partial charge < -0.3 is 19.3 Å². The van der Waals surface area contributed by atoms with E-state index in [0.717, 1.165) is 5.56 Å². The topological polar surface area (TPSA) is 104 Å². The summed E-state index contributed by atoms with van der Waals surface area (Å²) in [5.41, 5.74) is 0.959. The van der Waals surface area contributed by atoms with Crippen LogP contribution in [0.2, 0.25) is 0 Å². The summed E-state index contributed by atoms with van der Waals surface area (Å²) in [6.45, 7) is 5.84. The number of hydrogen-bond donors (Lipinski definition) is 1. The molecule has 1 N–H and O–H groups in total. The van der Waals surface area contributed by atoms with Crippen LogP contribution >= 0.6 is 0 Å². The summed E-state index contributed by atoms with van der Waals surface area (Å²) in [7, 11) is 1.78. The molecule has 146 valence electrons. The Morgan fingerprint density at radius 1 is 1.39 bits per heavy atom. The molecule has 0 unspecified atom stereocenters. The number of fused-ring (bicyclic) bond motifs is 1. The molecule has 2 aromatic heterocycles. The van der Waals surface area contributed by atoms with E-state index in [-0.39, 0.29) is 18.1 Å². The summed E-state index contributed by atoms with van der Waals surface area (Å²) in [5, 5.41) is 10.8. The molecule has 1 aliphatic heterocycles. The summed E-state index contributed by atoms with van der Waals surface area (Å²) in [5.74, 6) is 2.29. The quantitative estimate of drug-likeness (QED) is 0.722. The Morgan fingerprint density at radius 2 is 2.21 bits per heavy atom. The average molecular weight is 383 g/mol. The van der Waals surface area contributed by atoms with Gasteiger partial charge in [-0.1, -0.05) is 5.16 Å². The highest BCUT2D eigenvalue weighted by Gasteiger charge is 2.34. The van der Waals surface area contributed by atoms with Crippen LogP contribution in [0.25, 0.3) is 0 Å². The molecule has 4 rings (SSSR count). The summed E-state index contributed by atoms with van der Waals surface area (Å²) in [6, 6.07) is 5.16. The standard InChI is InChI=1S/C19H21N5O4/c1-11-20-17(23-28-11)10-26-14-7-12(8-15-13(14)9-19(2,3)27-15)18(25)21-16-5-6-24(4)22-16/h5-8H,9-10H2,1-4H3,(H,21,22,25). The number of nitrogens with one attached hydrogen (secondary N) is 1. The van der Waals surface area contributed by atoms with Gasteiger partial charge in [-0.25, -0.2) is 0 Å². The van der Waals surface area contributed by atoms with Gasteiger partial charge >= 0.3 is 0 Å².